The third-order valence-corrected chi connectivity index (χ3v) is 3.71. The highest BCUT2D eigenvalue weighted by Gasteiger charge is 2.32. The molecule has 0 unspecified atom stereocenters. The lowest BCUT2D eigenvalue weighted by atomic mass is 10.0. The first-order valence-electron chi connectivity index (χ1n) is 6.12. The van der Waals surface area contributed by atoms with Crippen molar-refractivity contribution in [3.05, 3.63) is 34.6 Å². The number of fused-ring (bicyclic) bond motifs is 1. The highest BCUT2D eigenvalue weighted by atomic mass is 16.3. The van der Waals surface area contributed by atoms with E-state index in [2.05, 4.69) is 19.9 Å². The first-order chi connectivity index (χ1) is 8.08. The molecular formula is C15H16O2. The number of furan rings is 1. The maximum absolute atomic E-state index is 12.0. The van der Waals surface area contributed by atoms with Gasteiger partial charge in [-0.1, -0.05) is 6.07 Å². The summed E-state index contributed by atoms with van der Waals surface area (Å²) in [5.74, 6) is 0.939. The van der Waals surface area contributed by atoms with Crippen LogP contribution in [-0.2, 0) is 0 Å². The molecule has 1 aliphatic carbocycles. The molecule has 1 aromatic carbocycles. The van der Waals surface area contributed by atoms with Crippen LogP contribution in [-0.4, -0.2) is 5.78 Å². The quantitative estimate of drug-likeness (QED) is 0.728. The number of benzene rings is 1. The van der Waals surface area contributed by atoms with Crippen molar-refractivity contribution >= 4 is 16.8 Å². The maximum Gasteiger partial charge on any atom is 0.201 e. The van der Waals surface area contributed by atoms with Crippen LogP contribution in [0.5, 0.6) is 0 Å². The van der Waals surface area contributed by atoms with Crippen LogP contribution in [0.4, 0.5) is 0 Å². The molecule has 1 aromatic heterocycles. The van der Waals surface area contributed by atoms with Crippen molar-refractivity contribution < 1.29 is 9.21 Å². The van der Waals surface area contributed by atoms with Crippen molar-refractivity contribution in [2.75, 3.05) is 0 Å². The van der Waals surface area contributed by atoms with E-state index >= 15 is 0 Å². The highest BCUT2D eigenvalue weighted by Crippen LogP contribution is 2.35. The van der Waals surface area contributed by atoms with Crippen LogP contribution in [0.25, 0.3) is 11.0 Å². The first kappa shape index (κ1) is 10.6. The molecule has 2 heteroatoms. The van der Waals surface area contributed by atoms with Crippen LogP contribution < -0.4 is 0 Å². The number of ketones is 1. The van der Waals surface area contributed by atoms with E-state index in [1.807, 2.05) is 13.0 Å². The minimum atomic E-state index is 0.178. The molecule has 0 spiro atoms. The van der Waals surface area contributed by atoms with Crippen molar-refractivity contribution in [3.63, 3.8) is 0 Å². The lowest BCUT2D eigenvalue weighted by Crippen LogP contribution is -1.98. The third kappa shape index (κ3) is 1.59. The van der Waals surface area contributed by atoms with E-state index in [0.717, 1.165) is 29.4 Å². The molecule has 17 heavy (non-hydrogen) atoms. The lowest BCUT2D eigenvalue weighted by molar-refractivity contribution is 0.0942. The van der Waals surface area contributed by atoms with E-state index in [1.165, 1.54) is 11.1 Å². The fourth-order valence-corrected chi connectivity index (χ4v) is 2.32. The summed E-state index contributed by atoms with van der Waals surface area (Å²) in [6.07, 6.45) is 2.04. The molecule has 2 aromatic rings. The van der Waals surface area contributed by atoms with Crippen LogP contribution in [0.3, 0.4) is 0 Å². The van der Waals surface area contributed by atoms with E-state index in [1.54, 1.807) is 0 Å². The number of hydrogen-bond donors (Lipinski definition) is 0. The topological polar surface area (TPSA) is 30.2 Å². The standard InChI is InChI=1S/C15H16O2/c1-8-6-9(2)12-7-13(14(16)11-4-5-11)17-15(12)10(8)3/h6-7,11H,4-5H2,1-3H3. The fraction of sp³-hybridized carbons (Fsp3) is 0.400. The summed E-state index contributed by atoms with van der Waals surface area (Å²) in [7, 11) is 0. The maximum atomic E-state index is 12.0. The van der Waals surface area contributed by atoms with Crippen LogP contribution >= 0.6 is 0 Å². The Morgan fingerprint density at radius 2 is 1.88 bits per heavy atom. The number of carbonyl (C=O) groups is 1. The molecule has 0 amide bonds. The number of rotatable bonds is 2. The van der Waals surface area contributed by atoms with Gasteiger partial charge >= 0.3 is 0 Å². The average Bonchev–Trinajstić information content (AvgIpc) is 3.03. The van der Waals surface area contributed by atoms with Crippen molar-refractivity contribution in [3.8, 4) is 0 Å². The Labute approximate surface area is 101 Å². The predicted octanol–water partition coefficient (Wildman–Crippen LogP) is 3.95. The van der Waals surface area contributed by atoms with Gasteiger partial charge in [0.05, 0.1) is 0 Å². The lowest BCUT2D eigenvalue weighted by Gasteiger charge is -2.02. The summed E-state index contributed by atoms with van der Waals surface area (Å²) in [6, 6.07) is 4.07. The minimum absolute atomic E-state index is 0.178. The Morgan fingerprint density at radius 1 is 1.18 bits per heavy atom. The largest absolute Gasteiger partial charge is 0.453 e. The normalized spacial score (nSPS) is 15.5. The average molecular weight is 228 g/mol. The third-order valence-electron chi connectivity index (χ3n) is 3.71. The van der Waals surface area contributed by atoms with Crippen LogP contribution in [0.2, 0.25) is 0 Å². The molecule has 0 N–H and O–H groups in total. The molecule has 88 valence electrons. The molecule has 1 fully saturated rings. The molecule has 3 rings (SSSR count). The summed E-state index contributed by atoms with van der Waals surface area (Å²) in [6.45, 7) is 6.19. The zero-order valence-electron chi connectivity index (χ0n) is 10.5. The Bertz CT molecular complexity index is 615. The number of carbonyl (C=O) groups excluding carboxylic acids is 1. The van der Waals surface area contributed by atoms with Crippen LogP contribution in [0.1, 0.15) is 40.1 Å². The van der Waals surface area contributed by atoms with Gasteiger partial charge in [-0.2, -0.15) is 0 Å². The molecule has 2 nitrogen and oxygen atoms in total. The molecule has 0 atom stereocenters. The Kier molecular flexibility index (Phi) is 2.15. The summed E-state index contributed by atoms with van der Waals surface area (Å²) in [5.41, 5.74) is 4.42. The van der Waals surface area contributed by atoms with E-state index in [9.17, 15) is 4.79 Å². The van der Waals surface area contributed by atoms with Crippen LogP contribution in [0.15, 0.2) is 16.5 Å². The van der Waals surface area contributed by atoms with E-state index < -0.39 is 0 Å². The summed E-state index contributed by atoms with van der Waals surface area (Å²) >= 11 is 0. The van der Waals surface area contributed by atoms with Gasteiger partial charge in [0.1, 0.15) is 5.58 Å². The van der Waals surface area contributed by atoms with Gasteiger partial charge in [-0.3, -0.25) is 4.79 Å². The van der Waals surface area contributed by atoms with E-state index in [4.69, 9.17) is 4.42 Å². The second kappa shape index (κ2) is 3.46. The van der Waals surface area contributed by atoms with Gasteiger partial charge in [0.2, 0.25) is 5.78 Å². The van der Waals surface area contributed by atoms with Gasteiger partial charge in [0, 0.05) is 11.3 Å². The smallest absolute Gasteiger partial charge is 0.201 e. The first-order valence-corrected chi connectivity index (χ1v) is 6.12. The molecule has 1 saturated carbocycles. The van der Waals surface area contributed by atoms with Gasteiger partial charge in [0.25, 0.3) is 0 Å². The van der Waals surface area contributed by atoms with E-state index in [0.29, 0.717) is 5.76 Å². The molecule has 0 saturated heterocycles. The second-order valence-corrected chi connectivity index (χ2v) is 5.13. The molecule has 0 radical (unpaired) electrons. The SMILES string of the molecule is Cc1cc(C)c2cc(C(=O)C3CC3)oc2c1C. The monoisotopic (exact) mass is 228 g/mol. The Hall–Kier alpha value is -1.57. The number of hydrogen-bond acceptors (Lipinski definition) is 2. The molecule has 0 bridgehead atoms. The fourth-order valence-electron chi connectivity index (χ4n) is 2.32. The molecule has 1 heterocycles. The van der Waals surface area contributed by atoms with Crippen LogP contribution in [0, 0.1) is 26.7 Å². The van der Waals surface area contributed by atoms with Crippen molar-refractivity contribution in [1.29, 1.82) is 0 Å². The van der Waals surface area contributed by atoms with Gasteiger partial charge in [0.15, 0.2) is 5.76 Å². The van der Waals surface area contributed by atoms with Crippen molar-refractivity contribution in [2.45, 2.75) is 33.6 Å². The van der Waals surface area contributed by atoms with Gasteiger partial charge in [-0.25, -0.2) is 0 Å². The Balaban J connectivity index is 2.21. The second-order valence-electron chi connectivity index (χ2n) is 5.13. The molecule has 1 aliphatic rings. The highest BCUT2D eigenvalue weighted by molar-refractivity contribution is 6.01. The summed E-state index contributed by atoms with van der Waals surface area (Å²) in [5, 5.41) is 1.08. The van der Waals surface area contributed by atoms with Crippen molar-refractivity contribution in [2.24, 2.45) is 5.92 Å². The Morgan fingerprint density at radius 3 is 2.53 bits per heavy atom. The van der Waals surface area contributed by atoms with Gasteiger partial charge in [-0.15, -0.1) is 0 Å². The van der Waals surface area contributed by atoms with Crippen molar-refractivity contribution in [1.82, 2.24) is 0 Å². The summed E-state index contributed by atoms with van der Waals surface area (Å²) < 4.78 is 5.77. The minimum Gasteiger partial charge on any atom is -0.453 e. The number of aryl methyl sites for hydroxylation is 3. The van der Waals surface area contributed by atoms with Gasteiger partial charge in [-0.05, 0) is 56.4 Å². The zero-order chi connectivity index (χ0) is 12.2. The molecular weight excluding hydrogens is 212 g/mol. The zero-order valence-corrected chi connectivity index (χ0v) is 10.5. The molecule has 0 aliphatic heterocycles. The summed E-state index contributed by atoms with van der Waals surface area (Å²) in [4.78, 5) is 12.0. The van der Waals surface area contributed by atoms with Gasteiger partial charge < -0.3 is 4.42 Å². The predicted molar refractivity (Wildman–Crippen MR) is 67.5 cm³/mol. The number of Topliss-reactive ketones (excluding diaryl/α,β-unsaturated/α-hetero) is 1. The van der Waals surface area contributed by atoms with E-state index in [-0.39, 0.29) is 11.7 Å².